The number of rotatable bonds is 3. The zero-order valence-corrected chi connectivity index (χ0v) is 12.9. The van der Waals surface area contributed by atoms with Crippen molar-refractivity contribution in [3.8, 4) is 0 Å². The third-order valence-corrected chi connectivity index (χ3v) is 4.52. The molecule has 0 unspecified atom stereocenters. The first-order chi connectivity index (χ1) is 11.6. The summed E-state index contributed by atoms with van der Waals surface area (Å²) in [5.41, 5.74) is 4.54. The molecule has 2 N–H and O–H groups in total. The van der Waals surface area contributed by atoms with Gasteiger partial charge in [-0.2, -0.15) is 0 Å². The van der Waals surface area contributed by atoms with Gasteiger partial charge >= 0.3 is 7.12 Å². The van der Waals surface area contributed by atoms with Gasteiger partial charge < -0.3 is 10.0 Å². The van der Waals surface area contributed by atoms with Crippen molar-refractivity contribution < 1.29 is 14.8 Å². The van der Waals surface area contributed by atoms with Crippen molar-refractivity contribution in [3.63, 3.8) is 0 Å². The van der Waals surface area contributed by atoms with Gasteiger partial charge in [0.2, 0.25) is 0 Å². The van der Waals surface area contributed by atoms with Gasteiger partial charge in [-0.05, 0) is 40.0 Å². The predicted molar refractivity (Wildman–Crippen MR) is 96.4 cm³/mol. The SMILES string of the molecule is O=C1C=Cc2ccc(Cc3ccc(B(O)O)cc3)c3cccc1c23. The molecule has 3 nitrogen and oxygen atoms in total. The zero-order chi connectivity index (χ0) is 16.7. The topological polar surface area (TPSA) is 57.5 Å². The second-order valence-corrected chi connectivity index (χ2v) is 6.03. The van der Waals surface area contributed by atoms with Gasteiger partial charge in [0, 0.05) is 10.9 Å². The Labute approximate surface area is 140 Å². The summed E-state index contributed by atoms with van der Waals surface area (Å²) >= 11 is 0. The molecule has 0 fully saturated rings. The zero-order valence-electron chi connectivity index (χ0n) is 12.9. The molecule has 0 saturated heterocycles. The van der Waals surface area contributed by atoms with Crippen LogP contribution in [0, 0.1) is 0 Å². The Bertz CT molecular complexity index is 972. The monoisotopic (exact) mass is 314 g/mol. The van der Waals surface area contributed by atoms with Gasteiger partial charge in [0.05, 0.1) is 0 Å². The number of hydrogen-bond acceptors (Lipinski definition) is 3. The van der Waals surface area contributed by atoms with E-state index < -0.39 is 7.12 Å². The van der Waals surface area contributed by atoms with E-state index in [-0.39, 0.29) is 5.78 Å². The number of carbonyl (C=O) groups is 1. The third kappa shape index (κ3) is 2.46. The van der Waals surface area contributed by atoms with Gasteiger partial charge in [-0.1, -0.05) is 60.7 Å². The van der Waals surface area contributed by atoms with E-state index >= 15 is 0 Å². The molecule has 1 aliphatic rings. The number of allylic oxidation sites excluding steroid dienone is 1. The van der Waals surface area contributed by atoms with Crippen molar-refractivity contribution >= 4 is 35.2 Å². The average Bonchev–Trinajstić information content (AvgIpc) is 2.60. The van der Waals surface area contributed by atoms with E-state index in [0.717, 1.165) is 39.4 Å². The van der Waals surface area contributed by atoms with Crippen LogP contribution in [0.25, 0.3) is 16.8 Å². The highest BCUT2D eigenvalue weighted by Gasteiger charge is 2.16. The van der Waals surface area contributed by atoms with E-state index in [1.807, 2.05) is 30.3 Å². The van der Waals surface area contributed by atoms with Crippen LogP contribution >= 0.6 is 0 Å². The Morgan fingerprint density at radius 1 is 0.875 bits per heavy atom. The van der Waals surface area contributed by atoms with Crippen LogP contribution in [0.15, 0.2) is 60.7 Å². The van der Waals surface area contributed by atoms with Gasteiger partial charge in [0.15, 0.2) is 5.78 Å². The molecule has 0 atom stereocenters. The summed E-state index contributed by atoms with van der Waals surface area (Å²) in [6.45, 7) is 0. The molecule has 0 aromatic heterocycles. The van der Waals surface area contributed by atoms with Crippen LogP contribution in [0.3, 0.4) is 0 Å². The van der Waals surface area contributed by atoms with Crippen LogP contribution in [0.5, 0.6) is 0 Å². The first kappa shape index (κ1) is 14.9. The Hall–Kier alpha value is -2.69. The minimum absolute atomic E-state index is 0.0477. The van der Waals surface area contributed by atoms with Crippen molar-refractivity contribution in [3.05, 3.63) is 82.9 Å². The lowest BCUT2D eigenvalue weighted by Crippen LogP contribution is -2.29. The minimum atomic E-state index is -1.45. The van der Waals surface area contributed by atoms with Crippen LogP contribution < -0.4 is 5.46 Å². The highest BCUT2D eigenvalue weighted by Crippen LogP contribution is 2.31. The van der Waals surface area contributed by atoms with Gasteiger partial charge in [-0.3, -0.25) is 4.79 Å². The largest absolute Gasteiger partial charge is 0.488 e. The van der Waals surface area contributed by atoms with Crippen molar-refractivity contribution in [2.45, 2.75) is 6.42 Å². The Morgan fingerprint density at radius 3 is 2.42 bits per heavy atom. The maximum Gasteiger partial charge on any atom is 0.488 e. The molecule has 0 bridgehead atoms. The third-order valence-electron chi connectivity index (χ3n) is 4.52. The summed E-state index contributed by atoms with van der Waals surface area (Å²) in [5.74, 6) is 0.0477. The molecule has 4 heteroatoms. The molecule has 0 saturated carbocycles. The van der Waals surface area contributed by atoms with Crippen LogP contribution in [-0.4, -0.2) is 22.9 Å². The summed E-state index contributed by atoms with van der Waals surface area (Å²) in [7, 11) is -1.45. The summed E-state index contributed by atoms with van der Waals surface area (Å²) in [4.78, 5) is 12.1. The standard InChI is InChI=1S/C20H15BO3/c22-19-11-8-14-6-7-15(17-2-1-3-18(19)20(14)17)12-13-4-9-16(10-5-13)21(23)24/h1-11,23-24H,12H2. The number of ketones is 1. The average molecular weight is 314 g/mol. The summed E-state index contributed by atoms with van der Waals surface area (Å²) in [6.07, 6.45) is 4.22. The van der Waals surface area contributed by atoms with Gasteiger partial charge in [-0.25, -0.2) is 0 Å². The fourth-order valence-corrected chi connectivity index (χ4v) is 3.28. The van der Waals surface area contributed by atoms with Gasteiger partial charge in [0.1, 0.15) is 0 Å². The maximum absolute atomic E-state index is 12.1. The van der Waals surface area contributed by atoms with Crippen molar-refractivity contribution in [2.24, 2.45) is 0 Å². The van der Waals surface area contributed by atoms with E-state index in [4.69, 9.17) is 0 Å². The lowest BCUT2D eigenvalue weighted by molar-refractivity contribution is 0.104. The van der Waals surface area contributed by atoms with Crippen molar-refractivity contribution in [1.82, 2.24) is 0 Å². The van der Waals surface area contributed by atoms with E-state index in [2.05, 4.69) is 18.2 Å². The smallest absolute Gasteiger partial charge is 0.423 e. The molecule has 0 heterocycles. The van der Waals surface area contributed by atoms with Gasteiger partial charge in [0.25, 0.3) is 0 Å². The Morgan fingerprint density at radius 2 is 1.67 bits per heavy atom. The molecule has 116 valence electrons. The fraction of sp³-hybridized carbons (Fsp3) is 0.0500. The lowest BCUT2D eigenvalue weighted by atomic mass is 9.80. The number of hydrogen-bond donors (Lipinski definition) is 2. The first-order valence-corrected chi connectivity index (χ1v) is 7.85. The molecular formula is C20H15BO3. The predicted octanol–water partition coefficient (Wildman–Crippen LogP) is 2.32. The lowest BCUT2D eigenvalue weighted by Gasteiger charge is -2.15. The van der Waals surface area contributed by atoms with E-state index in [1.54, 1.807) is 18.2 Å². The maximum atomic E-state index is 12.1. The minimum Gasteiger partial charge on any atom is -0.423 e. The fourth-order valence-electron chi connectivity index (χ4n) is 3.28. The molecular weight excluding hydrogens is 299 g/mol. The van der Waals surface area contributed by atoms with Crippen LogP contribution in [0.1, 0.15) is 27.0 Å². The molecule has 0 amide bonds. The van der Waals surface area contributed by atoms with Crippen LogP contribution in [0.4, 0.5) is 0 Å². The summed E-state index contributed by atoms with van der Waals surface area (Å²) in [6, 6.07) is 17.2. The van der Waals surface area contributed by atoms with E-state index in [9.17, 15) is 14.8 Å². The second kappa shape index (κ2) is 5.75. The molecule has 0 aliphatic heterocycles. The summed E-state index contributed by atoms with van der Waals surface area (Å²) < 4.78 is 0. The quantitative estimate of drug-likeness (QED) is 0.730. The van der Waals surface area contributed by atoms with E-state index in [0.29, 0.717) is 5.46 Å². The highest BCUT2D eigenvalue weighted by atomic mass is 16.4. The number of benzene rings is 3. The van der Waals surface area contributed by atoms with Crippen molar-refractivity contribution in [2.75, 3.05) is 0 Å². The molecule has 0 radical (unpaired) electrons. The van der Waals surface area contributed by atoms with Gasteiger partial charge in [-0.15, -0.1) is 0 Å². The molecule has 3 aromatic carbocycles. The van der Waals surface area contributed by atoms with Crippen LogP contribution in [0.2, 0.25) is 0 Å². The first-order valence-electron chi connectivity index (χ1n) is 7.85. The highest BCUT2D eigenvalue weighted by molar-refractivity contribution is 6.58. The van der Waals surface area contributed by atoms with Crippen molar-refractivity contribution in [1.29, 1.82) is 0 Å². The number of carbonyl (C=O) groups excluding carboxylic acids is 1. The van der Waals surface area contributed by atoms with E-state index in [1.165, 1.54) is 0 Å². The summed E-state index contributed by atoms with van der Waals surface area (Å²) in [5, 5.41) is 20.5. The molecule has 3 aromatic rings. The second-order valence-electron chi connectivity index (χ2n) is 6.03. The molecule has 0 spiro atoms. The normalized spacial score (nSPS) is 12.7. The Balaban J connectivity index is 1.78. The molecule has 24 heavy (non-hydrogen) atoms. The van der Waals surface area contributed by atoms with Crippen LogP contribution in [-0.2, 0) is 6.42 Å². The Kier molecular flexibility index (Phi) is 3.56. The molecule has 4 rings (SSSR count). The molecule has 1 aliphatic carbocycles.